The molecule has 0 aliphatic heterocycles. The Hall–Kier alpha value is -1.47. The summed E-state index contributed by atoms with van der Waals surface area (Å²) in [5, 5.41) is 7.38. The summed E-state index contributed by atoms with van der Waals surface area (Å²) in [6.07, 6.45) is 2.91. The summed E-state index contributed by atoms with van der Waals surface area (Å²) >= 11 is 4.84. The van der Waals surface area contributed by atoms with Crippen LogP contribution in [0.3, 0.4) is 0 Å². The highest BCUT2D eigenvalue weighted by Gasteiger charge is 2.04. The first kappa shape index (κ1) is 16.9. The van der Waals surface area contributed by atoms with Crippen molar-refractivity contribution in [1.82, 2.24) is 15.6 Å². The highest BCUT2D eigenvalue weighted by atomic mass is 79.9. The predicted octanol–water partition coefficient (Wildman–Crippen LogP) is 3.47. The maximum Gasteiger partial charge on any atom is 0.191 e. The SMILES string of the molecule is CCc1cnc(CNC(=NC)NCc2ccc(Br)c(F)c2)s1. The zero-order valence-electron chi connectivity index (χ0n) is 12.5. The van der Waals surface area contributed by atoms with E-state index >= 15 is 0 Å². The van der Waals surface area contributed by atoms with Gasteiger partial charge in [-0.15, -0.1) is 11.3 Å². The van der Waals surface area contributed by atoms with Gasteiger partial charge in [0.2, 0.25) is 0 Å². The minimum Gasteiger partial charge on any atom is -0.352 e. The number of thiazole rings is 1. The quantitative estimate of drug-likeness (QED) is 0.612. The summed E-state index contributed by atoms with van der Waals surface area (Å²) in [4.78, 5) is 9.77. The first-order valence-electron chi connectivity index (χ1n) is 6.94. The van der Waals surface area contributed by atoms with Crippen LogP contribution in [0.25, 0.3) is 0 Å². The predicted molar refractivity (Wildman–Crippen MR) is 92.6 cm³/mol. The second-order valence-corrected chi connectivity index (χ2v) is 6.66. The molecule has 0 unspecified atom stereocenters. The van der Waals surface area contributed by atoms with E-state index in [1.807, 2.05) is 12.3 Å². The molecule has 0 aliphatic rings. The monoisotopic (exact) mass is 384 g/mol. The van der Waals surface area contributed by atoms with Crippen LogP contribution in [-0.2, 0) is 19.5 Å². The number of hydrogen-bond donors (Lipinski definition) is 2. The van der Waals surface area contributed by atoms with Gasteiger partial charge in [0.25, 0.3) is 0 Å². The van der Waals surface area contributed by atoms with Crippen molar-refractivity contribution in [3.63, 3.8) is 0 Å². The molecule has 0 atom stereocenters. The van der Waals surface area contributed by atoms with Crippen LogP contribution >= 0.6 is 27.3 Å². The van der Waals surface area contributed by atoms with Gasteiger partial charge in [0.15, 0.2) is 5.96 Å². The molecule has 2 rings (SSSR count). The van der Waals surface area contributed by atoms with Crippen LogP contribution in [0, 0.1) is 5.82 Å². The Labute approximate surface area is 142 Å². The highest BCUT2D eigenvalue weighted by molar-refractivity contribution is 9.10. The van der Waals surface area contributed by atoms with Crippen LogP contribution in [0.15, 0.2) is 33.9 Å². The Morgan fingerprint density at radius 2 is 2.14 bits per heavy atom. The molecule has 0 aliphatic carbocycles. The van der Waals surface area contributed by atoms with Crippen molar-refractivity contribution in [1.29, 1.82) is 0 Å². The number of nitrogens with zero attached hydrogens (tertiary/aromatic N) is 2. The maximum absolute atomic E-state index is 13.5. The minimum atomic E-state index is -0.267. The first-order chi connectivity index (χ1) is 10.6. The van der Waals surface area contributed by atoms with Crippen molar-refractivity contribution < 1.29 is 4.39 Å². The third kappa shape index (κ3) is 4.78. The van der Waals surface area contributed by atoms with Gasteiger partial charge in [-0.3, -0.25) is 4.99 Å². The van der Waals surface area contributed by atoms with E-state index in [1.165, 1.54) is 10.9 Å². The lowest BCUT2D eigenvalue weighted by Gasteiger charge is -2.11. The largest absolute Gasteiger partial charge is 0.352 e. The Morgan fingerprint density at radius 1 is 1.36 bits per heavy atom. The van der Waals surface area contributed by atoms with E-state index in [0.717, 1.165) is 17.0 Å². The number of aryl methyl sites for hydroxylation is 1. The molecule has 22 heavy (non-hydrogen) atoms. The molecule has 0 radical (unpaired) electrons. The third-order valence-electron chi connectivity index (χ3n) is 3.02. The Balaban J connectivity index is 1.85. The lowest BCUT2D eigenvalue weighted by Crippen LogP contribution is -2.36. The molecule has 0 amide bonds. The van der Waals surface area contributed by atoms with Gasteiger partial charge < -0.3 is 10.6 Å². The molecule has 7 heteroatoms. The third-order valence-corrected chi connectivity index (χ3v) is 4.81. The van der Waals surface area contributed by atoms with E-state index in [-0.39, 0.29) is 5.82 Å². The van der Waals surface area contributed by atoms with Crippen molar-refractivity contribution in [2.45, 2.75) is 26.4 Å². The normalized spacial score (nSPS) is 11.5. The van der Waals surface area contributed by atoms with Crippen LogP contribution in [-0.4, -0.2) is 18.0 Å². The van der Waals surface area contributed by atoms with Gasteiger partial charge in [0.05, 0.1) is 11.0 Å². The van der Waals surface area contributed by atoms with Gasteiger partial charge in [-0.2, -0.15) is 0 Å². The van der Waals surface area contributed by atoms with Crippen LogP contribution in [0.5, 0.6) is 0 Å². The molecular formula is C15H18BrFN4S. The van der Waals surface area contributed by atoms with E-state index in [9.17, 15) is 4.39 Å². The van der Waals surface area contributed by atoms with Gasteiger partial charge in [-0.1, -0.05) is 13.0 Å². The number of hydrogen-bond acceptors (Lipinski definition) is 3. The van der Waals surface area contributed by atoms with Gasteiger partial charge in [0, 0.05) is 24.7 Å². The summed E-state index contributed by atoms with van der Waals surface area (Å²) in [7, 11) is 1.71. The summed E-state index contributed by atoms with van der Waals surface area (Å²) < 4.78 is 13.9. The standard InChI is InChI=1S/C15H18BrFN4S/c1-3-11-8-19-14(22-11)9-21-15(18-2)20-7-10-4-5-12(16)13(17)6-10/h4-6,8H,3,7,9H2,1-2H3,(H2,18,20,21). The second-order valence-electron chi connectivity index (χ2n) is 4.60. The van der Waals surface area contributed by atoms with E-state index in [4.69, 9.17) is 0 Å². The second kappa shape index (κ2) is 8.24. The summed E-state index contributed by atoms with van der Waals surface area (Å²) in [6.45, 7) is 3.24. The van der Waals surface area contributed by atoms with E-state index < -0.39 is 0 Å². The molecule has 0 saturated heterocycles. The molecule has 1 aromatic carbocycles. The molecule has 4 nitrogen and oxygen atoms in total. The van der Waals surface area contributed by atoms with Crippen LogP contribution in [0.2, 0.25) is 0 Å². The number of aromatic nitrogens is 1. The molecule has 2 N–H and O–H groups in total. The molecule has 0 bridgehead atoms. The molecule has 2 aromatic rings. The molecule has 118 valence electrons. The van der Waals surface area contributed by atoms with Gasteiger partial charge in [0.1, 0.15) is 10.8 Å². The van der Waals surface area contributed by atoms with Crippen LogP contribution < -0.4 is 10.6 Å². The number of halogens is 2. The minimum absolute atomic E-state index is 0.267. The van der Waals surface area contributed by atoms with E-state index in [1.54, 1.807) is 24.5 Å². The van der Waals surface area contributed by atoms with Crippen LogP contribution in [0.1, 0.15) is 22.4 Å². The van der Waals surface area contributed by atoms with E-state index in [0.29, 0.717) is 23.5 Å². The number of guanidine groups is 1. The maximum atomic E-state index is 13.5. The van der Waals surface area contributed by atoms with Gasteiger partial charge in [-0.25, -0.2) is 9.37 Å². The van der Waals surface area contributed by atoms with Crippen molar-refractivity contribution in [3.8, 4) is 0 Å². The van der Waals surface area contributed by atoms with Gasteiger partial charge in [-0.05, 0) is 40.0 Å². The van der Waals surface area contributed by atoms with Crippen molar-refractivity contribution >= 4 is 33.2 Å². The fourth-order valence-electron chi connectivity index (χ4n) is 1.81. The Bertz CT molecular complexity index is 657. The zero-order valence-corrected chi connectivity index (χ0v) is 14.9. The zero-order chi connectivity index (χ0) is 15.9. The number of aliphatic imine (C=N–C) groups is 1. The smallest absolute Gasteiger partial charge is 0.191 e. The lowest BCUT2D eigenvalue weighted by atomic mass is 10.2. The number of benzene rings is 1. The molecule has 0 fully saturated rings. The summed E-state index contributed by atoms with van der Waals surface area (Å²) in [5.74, 6) is 0.397. The Kier molecular flexibility index (Phi) is 6.33. The molecule has 0 spiro atoms. The average molecular weight is 385 g/mol. The van der Waals surface area contributed by atoms with E-state index in [2.05, 4.69) is 43.5 Å². The molecular weight excluding hydrogens is 367 g/mol. The van der Waals surface area contributed by atoms with Gasteiger partial charge >= 0.3 is 0 Å². The fraction of sp³-hybridized carbons (Fsp3) is 0.333. The highest BCUT2D eigenvalue weighted by Crippen LogP contribution is 2.16. The van der Waals surface area contributed by atoms with Crippen molar-refractivity contribution in [2.24, 2.45) is 4.99 Å². The molecule has 0 saturated carbocycles. The topological polar surface area (TPSA) is 49.3 Å². The summed E-state index contributed by atoms with van der Waals surface area (Å²) in [6, 6.07) is 5.06. The number of rotatable bonds is 5. The first-order valence-corrected chi connectivity index (χ1v) is 8.55. The van der Waals surface area contributed by atoms with Crippen molar-refractivity contribution in [3.05, 3.63) is 50.1 Å². The lowest BCUT2D eigenvalue weighted by molar-refractivity contribution is 0.617. The summed E-state index contributed by atoms with van der Waals surface area (Å²) in [5.41, 5.74) is 0.853. The number of nitrogens with one attached hydrogen (secondary N) is 2. The Morgan fingerprint density at radius 3 is 2.77 bits per heavy atom. The van der Waals surface area contributed by atoms with Crippen LogP contribution in [0.4, 0.5) is 4.39 Å². The molecule has 1 aromatic heterocycles. The van der Waals surface area contributed by atoms with Crippen molar-refractivity contribution in [2.75, 3.05) is 7.05 Å². The average Bonchev–Trinajstić information content (AvgIpc) is 2.99. The molecule has 1 heterocycles. The fourth-order valence-corrected chi connectivity index (χ4v) is 2.86.